The molecule has 5 rings (SSSR count). The third-order valence-electron chi connectivity index (χ3n) is 7.44. The van der Waals surface area contributed by atoms with Crippen molar-refractivity contribution in [1.29, 1.82) is 0 Å². The summed E-state index contributed by atoms with van der Waals surface area (Å²) in [6.45, 7) is 9.05. The Balaban J connectivity index is 1.20. The molecule has 1 saturated heterocycles. The average Bonchev–Trinajstić information content (AvgIpc) is 3.64. The van der Waals surface area contributed by atoms with Gasteiger partial charge in [0, 0.05) is 19.0 Å². The highest BCUT2D eigenvalue weighted by Crippen LogP contribution is 2.51. The Hall–Kier alpha value is -3.81. The number of amides is 1. The second-order valence-electron chi connectivity index (χ2n) is 9.78. The summed E-state index contributed by atoms with van der Waals surface area (Å²) in [4.78, 5) is 19.6. The number of carbonyl (C=O) groups excluding carboxylic acids is 1. The molecule has 1 amide bonds. The topological polar surface area (TPSA) is 101 Å². The van der Waals surface area contributed by atoms with Gasteiger partial charge in [0.1, 0.15) is 17.5 Å². The van der Waals surface area contributed by atoms with Crippen LogP contribution in [-0.4, -0.2) is 34.4 Å². The van der Waals surface area contributed by atoms with Crippen molar-refractivity contribution in [3.63, 3.8) is 0 Å². The largest absolute Gasteiger partial charge is 0.512 e. The number of anilines is 2. The molecule has 3 heterocycles. The van der Waals surface area contributed by atoms with Crippen molar-refractivity contribution in [3.05, 3.63) is 83.7 Å². The Morgan fingerprint density at radius 3 is 2.56 bits per heavy atom. The molecule has 0 unspecified atom stereocenters. The second kappa shape index (κ2) is 9.68. The highest BCUT2D eigenvalue weighted by Gasteiger charge is 2.48. The lowest BCUT2D eigenvalue weighted by Gasteiger charge is -2.33. The van der Waals surface area contributed by atoms with Gasteiger partial charge in [-0.15, -0.1) is 0 Å². The molecule has 8 nitrogen and oxygen atoms in total. The fraction of sp³-hybridized carbons (Fsp3) is 0.393. The number of pyridine rings is 1. The standard InChI is InChI=1S/C28H32N4O4/c1-18-25(30-27(34)35-19(2)21-7-5-4-6-8-21)26(36-31-18)22-11-15-32(16-12-22)23-9-10-24(29-17-23)28(13-14-28)20(3)33/h4-10,17,19,22,33H,3,11-16H2,1-2H3,(H,30,34)/t19-/m1/s1. The molecule has 1 saturated carbocycles. The molecule has 2 N–H and O–H groups in total. The van der Waals surface area contributed by atoms with Crippen LogP contribution in [-0.2, 0) is 10.2 Å². The summed E-state index contributed by atoms with van der Waals surface area (Å²) in [6.07, 6.45) is 4.49. The van der Waals surface area contributed by atoms with E-state index in [2.05, 4.69) is 33.0 Å². The van der Waals surface area contributed by atoms with Gasteiger partial charge >= 0.3 is 6.09 Å². The van der Waals surface area contributed by atoms with Crippen LogP contribution >= 0.6 is 0 Å². The third kappa shape index (κ3) is 4.67. The summed E-state index contributed by atoms with van der Waals surface area (Å²) >= 11 is 0. The van der Waals surface area contributed by atoms with E-state index < -0.39 is 6.09 Å². The van der Waals surface area contributed by atoms with Gasteiger partial charge in [0.25, 0.3) is 0 Å². The van der Waals surface area contributed by atoms with Crippen LogP contribution in [0.15, 0.2) is 65.5 Å². The van der Waals surface area contributed by atoms with E-state index in [9.17, 15) is 9.90 Å². The summed E-state index contributed by atoms with van der Waals surface area (Å²) in [5.41, 5.74) is 3.76. The molecule has 2 fully saturated rings. The molecule has 188 valence electrons. The van der Waals surface area contributed by atoms with Gasteiger partial charge in [0.15, 0.2) is 5.76 Å². The number of aliphatic hydroxyl groups is 1. The number of benzene rings is 1. The highest BCUT2D eigenvalue weighted by molar-refractivity contribution is 5.86. The normalized spacial score (nSPS) is 17.9. The number of aromatic nitrogens is 2. The van der Waals surface area contributed by atoms with Gasteiger partial charge in [-0.3, -0.25) is 10.3 Å². The van der Waals surface area contributed by atoms with Crippen molar-refractivity contribution >= 4 is 17.5 Å². The summed E-state index contributed by atoms with van der Waals surface area (Å²) in [5, 5.41) is 16.9. The molecular weight excluding hydrogens is 456 g/mol. The van der Waals surface area contributed by atoms with Gasteiger partial charge < -0.3 is 19.3 Å². The first kappa shape index (κ1) is 23.9. The zero-order chi connectivity index (χ0) is 25.3. The fourth-order valence-electron chi connectivity index (χ4n) is 4.98. The minimum absolute atomic E-state index is 0.143. The minimum atomic E-state index is -0.526. The van der Waals surface area contributed by atoms with Gasteiger partial charge in [0.05, 0.1) is 28.8 Å². The number of hydrogen-bond acceptors (Lipinski definition) is 7. The first-order chi connectivity index (χ1) is 17.4. The average molecular weight is 489 g/mol. The predicted octanol–water partition coefficient (Wildman–Crippen LogP) is 6.18. The lowest BCUT2D eigenvalue weighted by molar-refractivity contribution is 0.121. The summed E-state index contributed by atoms with van der Waals surface area (Å²) < 4.78 is 11.2. The Morgan fingerprint density at radius 2 is 1.94 bits per heavy atom. The molecule has 0 bridgehead atoms. The van der Waals surface area contributed by atoms with E-state index in [1.165, 1.54) is 0 Å². The molecule has 0 radical (unpaired) electrons. The van der Waals surface area contributed by atoms with E-state index in [0.29, 0.717) is 17.1 Å². The molecular formula is C28H32N4O4. The molecule has 0 spiro atoms. The van der Waals surface area contributed by atoms with Crippen molar-refractivity contribution < 1.29 is 19.2 Å². The number of carbonyl (C=O) groups is 1. The van der Waals surface area contributed by atoms with Crippen molar-refractivity contribution in [2.75, 3.05) is 23.3 Å². The molecule has 2 aliphatic rings. The number of aryl methyl sites for hydroxylation is 1. The number of rotatable bonds is 7. The quantitative estimate of drug-likeness (QED) is 0.383. The molecule has 1 aliphatic heterocycles. The van der Waals surface area contributed by atoms with Crippen molar-refractivity contribution in [3.8, 4) is 0 Å². The molecule has 1 aliphatic carbocycles. The fourth-order valence-corrected chi connectivity index (χ4v) is 4.98. The first-order valence-electron chi connectivity index (χ1n) is 12.5. The van der Waals surface area contributed by atoms with Crippen LogP contribution in [0.4, 0.5) is 16.2 Å². The van der Waals surface area contributed by atoms with Gasteiger partial charge in [-0.2, -0.15) is 0 Å². The van der Waals surface area contributed by atoms with E-state index in [-0.39, 0.29) is 23.2 Å². The van der Waals surface area contributed by atoms with Gasteiger partial charge in [-0.05, 0) is 57.2 Å². The van der Waals surface area contributed by atoms with E-state index in [0.717, 1.165) is 55.7 Å². The van der Waals surface area contributed by atoms with E-state index in [1.54, 1.807) is 0 Å². The number of allylic oxidation sites excluding steroid dienone is 1. The van der Waals surface area contributed by atoms with Crippen LogP contribution in [0.1, 0.15) is 67.3 Å². The Kier molecular flexibility index (Phi) is 6.43. The van der Waals surface area contributed by atoms with Crippen LogP contribution in [0.25, 0.3) is 0 Å². The lowest BCUT2D eigenvalue weighted by Crippen LogP contribution is -2.33. The van der Waals surface area contributed by atoms with E-state index in [1.807, 2.05) is 56.4 Å². The monoisotopic (exact) mass is 488 g/mol. The van der Waals surface area contributed by atoms with Crippen LogP contribution in [0.2, 0.25) is 0 Å². The molecule has 2 aromatic heterocycles. The minimum Gasteiger partial charge on any atom is -0.512 e. The van der Waals surface area contributed by atoms with Gasteiger partial charge in [-0.1, -0.05) is 42.1 Å². The van der Waals surface area contributed by atoms with Crippen LogP contribution < -0.4 is 10.2 Å². The van der Waals surface area contributed by atoms with E-state index in [4.69, 9.17) is 9.26 Å². The SMILES string of the molecule is C=C(O)C1(c2ccc(N3CCC(c4onc(C)c4NC(=O)O[C@H](C)c4ccccc4)CC3)cn2)CC1. The van der Waals surface area contributed by atoms with Crippen LogP contribution in [0, 0.1) is 6.92 Å². The zero-order valence-electron chi connectivity index (χ0n) is 20.7. The maximum Gasteiger partial charge on any atom is 0.412 e. The Labute approximate surface area is 211 Å². The second-order valence-corrected chi connectivity index (χ2v) is 9.78. The zero-order valence-corrected chi connectivity index (χ0v) is 20.7. The van der Waals surface area contributed by atoms with Crippen LogP contribution in [0.3, 0.4) is 0 Å². The summed E-state index contributed by atoms with van der Waals surface area (Å²) in [5.74, 6) is 1.04. The lowest BCUT2D eigenvalue weighted by atomic mass is 9.92. The number of piperidine rings is 1. The Bertz CT molecular complexity index is 1230. The number of hydrogen-bond donors (Lipinski definition) is 2. The third-order valence-corrected chi connectivity index (χ3v) is 7.44. The van der Waals surface area contributed by atoms with Gasteiger partial charge in [-0.25, -0.2) is 4.79 Å². The highest BCUT2D eigenvalue weighted by atomic mass is 16.6. The van der Waals surface area contributed by atoms with Crippen molar-refractivity contribution in [2.45, 2.75) is 57.0 Å². The number of ether oxygens (including phenoxy) is 1. The van der Waals surface area contributed by atoms with Crippen LogP contribution in [0.5, 0.6) is 0 Å². The molecule has 1 aromatic carbocycles. The summed E-state index contributed by atoms with van der Waals surface area (Å²) in [6, 6.07) is 13.7. The van der Waals surface area contributed by atoms with Gasteiger partial charge in [0.2, 0.25) is 0 Å². The molecule has 36 heavy (non-hydrogen) atoms. The van der Waals surface area contributed by atoms with Crippen molar-refractivity contribution in [2.24, 2.45) is 0 Å². The number of nitrogens with zero attached hydrogens (tertiary/aromatic N) is 3. The smallest absolute Gasteiger partial charge is 0.412 e. The Morgan fingerprint density at radius 1 is 1.22 bits per heavy atom. The number of nitrogens with one attached hydrogen (secondary N) is 1. The first-order valence-corrected chi connectivity index (χ1v) is 12.5. The van der Waals surface area contributed by atoms with E-state index >= 15 is 0 Å². The molecule has 3 aromatic rings. The number of aliphatic hydroxyl groups excluding tert-OH is 1. The van der Waals surface area contributed by atoms with Crippen molar-refractivity contribution in [1.82, 2.24) is 10.1 Å². The summed E-state index contributed by atoms with van der Waals surface area (Å²) in [7, 11) is 0. The molecule has 1 atom stereocenters. The molecule has 8 heteroatoms. The predicted molar refractivity (Wildman–Crippen MR) is 137 cm³/mol. The maximum absolute atomic E-state index is 12.6. The maximum atomic E-state index is 12.6.